The number of anilines is 6. The van der Waals surface area contributed by atoms with Crippen LogP contribution in [-0.2, 0) is 6.42 Å². The number of benzene rings is 6. The smallest absolute Gasteiger partial charge is 0.0616 e. The van der Waals surface area contributed by atoms with Crippen LogP contribution in [0.5, 0.6) is 0 Å². The van der Waals surface area contributed by atoms with Crippen molar-refractivity contribution in [3.63, 3.8) is 0 Å². The van der Waals surface area contributed by atoms with Crippen molar-refractivity contribution in [1.82, 2.24) is 0 Å². The lowest BCUT2D eigenvalue weighted by Crippen LogP contribution is -2.18. The van der Waals surface area contributed by atoms with Gasteiger partial charge in [-0.15, -0.1) is 0 Å². The molecule has 0 saturated carbocycles. The molecule has 0 aliphatic heterocycles. The predicted octanol–water partition coefficient (Wildman–Crippen LogP) is 12.0. The zero-order valence-corrected chi connectivity index (χ0v) is 26.0. The normalized spacial score (nSPS) is 12.3. The van der Waals surface area contributed by atoms with Crippen LogP contribution in [0.2, 0.25) is 0 Å². The summed E-state index contributed by atoms with van der Waals surface area (Å²) in [5, 5.41) is 2.49. The predicted molar refractivity (Wildman–Crippen MR) is 190 cm³/mol. The molecule has 2 heteroatoms. The van der Waals surface area contributed by atoms with Gasteiger partial charge in [0.25, 0.3) is 0 Å². The summed E-state index contributed by atoms with van der Waals surface area (Å²) >= 11 is 0. The van der Waals surface area contributed by atoms with Gasteiger partial charge in [0.2, 0.25) is 0 Å². The minimum absolute atomic E-state index is 0.975. The second-order valence-electron chi connectivity index (χ2n) is 12.1. The summed E-state index contributed by atoms with van der Waals surface area (Å²) in [4.78, 5) is 4.94. The van der Waals surface area contributed by atoms with Crippen molar-refractivity contribution < 1.29 is 0 Å². The largest absolute Gasteiger partial charge is 0.310 e. The Morgan fingerprint density at radius 3 is 1.20 bits per heavy atom. The van der Waals surface area contributed by atoms with E-state index in [4.69, 9.17) is 0 Å². The van der Waals surface area contributed by atoms with Crippen molar-refractivity contribution in [1.29, 1.82) is 0 Å². The average molecular weight is 571 g/mol. The highest BCUT2D eigenvalue weighted by molar-refractivity contribution is 6.12. The quantitative estimate of drug-likeness (QED) is 0.184. The molecule has 0 N–H and O–H groups in total. The van der Waals surface area contributed by atoms with E-state index in [1.807, 2.05) is 0 Å². The molecule has 0 radical (unpaired) electrons. The molecule has 2 nitrogen and oxygen atoms in total. The van der Waals surface area contributed by atoms with Crippen LogP contribution in [0.25, 0.3) is 16.8 Å². The number of aryl methyl sites for hydroxylation is 4. The van der Waals surface area contributed by atoms with Crippen LogP contribution in [0.4, 0.5) is 34.1 Å². The van der Waals surface area contributed by atoms with E-state index in [0.29, 0.717) is 0 Å². The molecule has 0 heterocycles. The standard InChI is InChI=1S/C42H38N2/c1-29-13-21-33(22-14-29)43(34-23-15-30(2)16-24-34)41-37-9-5-7-11-39(37)42(40-12-8-6-10-38(40)41)44(35-25-17-31(3)18-26-35)36-27-19-32(4)20-28-36/h5-7,9-11,13-28H,8,12H2,1-4H3. The molecule has 0 unspecified atom stereocenters. The molecule has 0 amide bonds. The molecule has 6 aromatic carbocycles. The van der Waals surface area contributed by atoms with Crippen molar-refractivity contribution >= 4 is 51.0 Å². The van der Waals surface area contributed by atoms with E-state index < -0.39 is 0 Å². The summed E-state index contributed by atoms with van der Waals surface area (Å²) in [6, 6.07) is 44.7. The Balaban J connectivity index is 1.58. The van der Waals surface area contributed by atoms with E-state index in [1.54, 1.807) is 0 Å². The van der Waals surface area contributed by atoms with Crippen LogP contribution in [-0.4, -0.2) is 0 Å². The molecule has 0 atom stereocenters. The molecular weight excluding hydrogens is 532 g/mol. The number of rotatable bonds is 6. The summed E-state index contributed by atoms with van der Waals surface area (Å²) in [5.74, 6) is 0. The minimum atomic E-state index is 0.975. The molecule has 6 aromatic rings. The molecule has 0 spiro atoms. The van der Waals surface area contributed by atoms with Gasteiger partial charge >= 0.3 is 0 Å². The third-order valence-corrected chi connectivity index (χ3v) is 8.76. The van der Waals surface area contributed by atoms with Gasteiger partial charge in [-0.05, 0) is 94.6 Å². The van der Waals surface area contributed by atoms with Crippen LogP contribution in [0.15, 0.2) is 127 Å². The maximum Gasteiger partial charge on any atom is 0.0616 e. The molecule has 0 bridgehead atoms. The fraction of sp³-hybridized carbons (Fsp3) is 0.143. The van der Waals surface area contributed by atoms with Crippen LogP contribution in [0, 0.1) is 27.7 Å². The molecule has 1 aliphatic rings. The van der Waals surface area contributed by atoms with Crippen LogP contribution in [0.3, 0.4) is 0 Å². The van der Waals surface area contributed by atoms with Gasteiger partial charge in [-0.3, -0.25) is 0 Å². The number of nitrogens with zero attached hydrogens (tertiary/aromatic N) is 2. The lowest BCUT2D eigenvalue weighted by Gasteiger charge is -2.35. The Kier molecular flexibility index (Phi) is 7.28. The van der Waals surface area contributed by atoms with Gasteiger partial charge in [0.05, 0.1) is 11.4 Å². The summed E-state index contributed by atoms with van der Waals surface area (Å²) in [7, 11) is 0. The van der Waals surface area contributed by atoms with Crippen LogP contribution >= 0.6 is 0 Å². The Labute approximate surface area is 261 Å². The highest BCUT2D eigenvalue weighted by atomic mass is 15.2. The van der Waals surface area contributed by atoms with E-state index in [9.17, 15) is 0 Å². The van der Waals surface area contributed by atoms with E-state index in [-0.39, 0.29) is 0 Å². The average Bonchev–Trinajstić information content (AvgIpc) is 3.05. The fourth-order valence-electron chi connectivity index (χ4n) is 6.42. The first-order valence-corrected chi connectivity index (χ1v) is 15.6. The maximum atomic E-state index is 2.48. The molecule has 216 valence electrons. The Morgan fingerprint density at radius 2 is 0.795 bits per heavy atom. The Morgan fingerprint density at radius 1 is 0.432 bits per heavy atom. The first-order chi connectivity index (χ1) is 21.5. The number of hydrogen-bond donors (Lipinski definition) is 0. The van der Waals surface area contributed by atoms with Crippen molar-refractivity contribution in [2.75, 3.05) is 9.80 Å². The van der Waals surface area contributed by atoms with Crippen molar-refractivity contribution in [2.45, 2.75) is 40.5 Å². The Bertz CT molecular complexity index is 1870. The third-order valence-electron chi connectivity index (χ3n) is 8.76. The van der Waals surface area contributed by atoms with Gasteiger partial charge in [-0.2, -0.15) is 0 Å². The first kappa shape index (κ1) is 27.7. The number of allylic oxidation sites excluding steroid dienone is 1. The molecule has 0 fully saturated rings. The van der Waals surface area contributed by atoms with E-state index in [0.717, 1.165) is 24.2 Å². The van der Waals surface area contributed by atoms with E-state index in [1.165, 1.54) is 66.9 Å². The molecule has 0 saturated heterocycles. The Hall–Kier alpha value is -5.08. The van der Waals surface area contributed by atoms with Gasteiger partial charge in [0.1, 0.15) is 0 Å². The lowest BCUT2D eigenvalue weighted by molar-refractivity contribution is 0.981. The molecule has 1 aliphatic carbocycles. The van der Waals surface area contributed by atoms with Gasteiger partial charge in [-0.1, -0.05) is 107 Å². The van der Waals surface area contributed by atoms with E-state index in [2.05, 4.69) is 171 Å². The minimum Gasteiger partial charge on any atom is -0.310 e. The topological polar surface area (TPSA) is 6.48 Å². The second kappa shape index (κ2) is 11.5. The molecule has 44 heavy (non-hydrogen) atoms. The van der Waals surface area contributed by atoms with E-state index >= 15 is 0 Å². The van der Waals surface area contributed by atoms with Gasteiger partial charge < -0.3 is 9.80 Å². The maximum absolute atomic E-state index is 2.48. The number of hydrogen-bond acceptors (Lipinski definition) is 2. The number of fused-ring (bicyclic) bond motifs is 2. The summed E-state index contributed by atoms with van der Waals surface area (Å²) in [6.45, 7) is 8.61. The SMILES string of the molecule is Cc1ccc(N(c2ccc(C)cc2)c2c3c(c(N(c4ccc(C)cc4)c4ccc(C)cc4)c4ccccc24)CCC=C3)cc1. The molecule has 7 rings (SSSR count). The molecular formula is C42H38N2. The highest BCUT2D eigenvalue weighted by Crippen LogP contribution is 2.51. The monoisotopic (exact) mass is 570 g/mol. The lowest BCUT2D eigenvalue weighted by atomic mass is 9.87. The van der Waals surface area contributed by atoms with Crippen LogP contribution < -0.4 is 9.80 Å². The summed E-state index contributed by atoms with van der Waals surface area (Å²) in [6.07, 6.45) is 6.70. The van der Waals surface area contributed by atoms with Gasteiger partial charge in [-0.25, -0.2) is 0 Å². The molecule has 0 aromatic heterocycles. The second-order valence-corrected chi connectivity index (χ2v) is 12.1. The summed E-state index contributed by atoms with van der Waals surface area (Å²) < 4.78 is 0. The zero-order valence-electron chi connectivity index (χ0n) is 26.0. The fourth-order valence-corrected chi connectivity index (χ4v) is 6.42. The van der Waals surface area contributed by atoms with Crippen molar-refractivity contribution in [3.05, 3.63) is 161 Å². The first-order valence-electron chi connectivity index (χ1n) is 15.6. The zero-order chi connectivity index (χ0) is 30.2. The van der Waals surface area contributed by atoms with Crippen LogP contribution in [0.1, 0.15) is 39.8 Å². The highest BCUT2D eigenvalue weighted by Gasteiger charge is 2.28. The van der Waals surface area contributed by atoms with Gasteiger partial charge in [0, 0.05) is 39.1 Å². The van der Waals surface area contributed by atoms with Crippen molar-refractivity contribution in [3.8, 4) is 0 Å². The summed E-state index contributed by atoms with van der Waals surface area (Å²) in [5.41, 5.74) is 14.9. The third kappa shape index (κ3) is 5.07. The van der Waals surface area contributed by atoms with Crippen molar-refractivity contribution in [2.24, 2.45) is 0 Å². The van der Waals surface area contributed by atoms with Gasteiger partial charge in [0.15, 0.2) is 0 Å².